The Balaban J connectivity index is 1.83. The van der Waals surface area contributed by atoms with Crippen molar-refractivity contribution in [1.29, 1.82) is 0 Å². The Labute approximate surface area is 161 Å². The van der Waals surface area contributed by atoms with Gasteiger partial charge in [0, 0.05) is 0 Å². The second kappa shape index (κ2) is 5.32. The molecular weight excluding hydrogens is 401 g/mol. The van der Waals surface area contributed by atoms with E-state index in [0.717, 1.165) is 21.9 Å². The third-order valence-electron chi connectivity index (χ3n) is 5.24. The van der Waals surface area contributed by atoms with Gasteiger partial charge < -0.3 is 0 Å². The van der Waals surface area contributed by atoms with Crippen molar-refractivity contribution in [1.82, 2.24) is 9.38 Å². The Kier molecular flexibility index (Phi) is 2.99. The summed E-state index contributed by atoms with van der Waals surface area (Å²) in [6.07, 6.45) is 4.04. The number of para-hydroxylation sites is 1. The van der Waals surface area contributed by atoms with Crippen molar-refractivity contribution in [2.75, 3.05) is 0 Å². The zero-order valence-corrected chi connectivity index (χ0v) is 16.6. The van der Waals surface area contributed by atoms with E-state index in [4.69, 9.17) is 4.42 Å². The third-order valence-corrected chi connectivity index (χ3v) is 7.47. The predicted molar refractivity (Wildman–Crippen MR) is 108 cm³/mol. The number of nitrogens with zero attached hydrogens (tertiary/aromatic N) is 3. The summed E-state index contributed by atoms with van der Waals surface area (Å²) in [7, 11) is 2.12. The van der Waals surface area contributed by atoms with Gasteiger partial charge in [-0.15, -0.1) is 0 Å². The van der Waals surface area contributed by atoms with E-state index in [1.54, 1.807) is 6.20 Å². The second-order valence-electron chi connectivity index (χ2n) is 6.90. The zero-order valence-electron chi connectivity index (χ0n) is 14.9. The van der Waals surface area contributed by atoms with Crippen LogP contribution >= 0.6 is 0 Å². The van der Waals surface area contributed by atoms with E-state index in [1.807, 2.05) is 6.07 Å². The Bertz CT molecular complexity index is 1500. The molecule has 0 saturated heterocycles. The van der Waals surface area contributed by atoms with Crippen LogP contribution in [0, 0.1) is 6.92 Å². The number of hydrogen-bond acceptors (Lipinski definition) is 2. The van der Waals surface area contributed by atoms with E-state index in [9.17, 15) is 0 Å². The number of imidazole rings is 1. The SMILES string of the molecule is Cc1ccc2c(oc3ncccc32)c1-c1n2c(c[n+]1C)[se]c1ccccc12. The monoisotopic (exact) mass is 418 g/mol. The molecule has 0 N–H and O–H groups in total. The predicted octanol–water partition coefficient (Wildman–Crippen LogP) is 4.24. The van der Waals surface area contributed by atoms with Gasteiger partial charge in [0.15, 0.2) is 0 Å². The number of pyridine rings is 1. The number of fused-ring (bicyclic) bond motifs is 6. The van der Waals surface area contributed by atoms with Gasteiger partial charge >= 0.3 is 161 Å². The fraction of sp³-hybridized carbons (Fsp3) is 0.0909. The molecule has 4 aromatic heterocycles. The first-order chi connectivity index (χ1) is 13.2. The van der Waals surface area contributed by atoms with Crippen LogP contribution in [0.15, 0.2) is 65.3 Å². The molecule has 0 unspecified atom stereocenters. The Morgan fingerprint density at radius 1 is 1.04 bits per heavy atom. The Hall–Kier alpha value is -2.88. The third kappa shape index (κ3) is 1.98. The van der Waals surface area contributed by atoms with E-state index in [2.05, 4.69) is 76.6 Å². The maximum atomic E-state index is 6.26. The van der Waals surface area contributed by atoms with Gasteiger partial charge in [-0.3, -0.25) is 0 Å². The van der Waals surface area contributed by atoms with Crippen molar-refractivity contribution in [3.63, 3.8) is 0 Å². The van der Waals surface area contributed by atoms with Crippen LogP contribution in [0.3, 0.4) is 0 Å². The summed E-state index contributed by atoms with van der Waals surface area (Å²) in [5.41, 5.74) is 5.24. The fourth-order valence-electron chi connectivity index (χ4n) is 4.03. The van der Waals surface area contributed by atoms with Crippen LogP contribution in [0.2, 0.25) is 0 Å². The molecule has 0 spiro atoms. The summed E-state index contributed by atoms with van der Waals surface area (Å²) < 4.78 is 13.7. The number of aryl methyl sites for hydroxylation is 2. The fourth-order valence-corrected chi connectivity index (χ4v) is 6.39. The standard InChI is InChI=1S/C22H16N3OSe/c1-13-9-10-14-15-6-5-11-23-21(15)26-20(14)19(13)22-24(2)12-18-25(22)16-7-3-4-8-17(16)27-18/h3-12H,1-2H3/q+1. The van der Waals surface area contributed by atoms with E-state index in [0.29, 0.717) is 20.2 Å². The van der Waals surface area contributed by atoms with E-state index in [-0.39, 0.29) is 0 Å². The first kappa shape index (κ1) is 15.2. The van der Waals surface area contributed by atoms with Gasteiger partial charge in [-0.25, -0.2) is 0 Å². The summed E-state index contributed by atoms with van der Waals surface area (Å²) in [5, 5.41) is 2.18. The molecule has 0 aliphatic heterocycles. The van der Waals surface area contributed by atoms with Crippen LogP contribution in [0.5, 0.6) is 0 Å². The summed E-state index contributed by atoms with van der Waals surface area (Å²) in [5.74, 6) is 1.17. The number of hydrogen-bond donors (Lipinski definition) is 0. The van der Waals surface area contributed by atoms with Crippen LogP contribution in [-0.4, -0.2) is 23.9 Å². The Morgan fingerprint density at radius 3 is 2.85 bits per heavy atom. The summed E-state index contributed by atoms with van der Waals surface area (Å²) in [6.45, 7) is 2.15. The van der Waals surface area contributed by atoms with Crippen molar-refractivity contribution in [3.8, 4) is 11.4 Å². The molecule has 0 aliphatic rings. The Morgan fingerprint density at radius 2 is 1.93 bits per heavy atom. The average molecular weight is 417 g/mol. The van der Waals surface area contributed by atoms with Crippen LogP contribution in [0.1, 0.15) is 5.56 Å². The normalized spacial score (nSPS) is 12.1. The van der Waals surface area contributed by atoms with E-state index < -0.39 is 0 Å². The molecule has 4 heterocycles. The molecule has 0 fully saturated rings. The molecule has 130 valence electrons. The molecule has 0 bridgehead atoms. The molecule has 0 saturated carbocycles. The molecule has 0 aliphatic carbocycles. The summed E-state index contributed by atoms with van der Waals surface area (Å²) in [6, 6.07) is 17.1. The van der Waals surface area contributed by atoms with Gasteiger partial charge in [0.2, 0.25) is 0 Å². The summed E-state index contributed by atoms with van der Waals surface area (Å²) in [4.78, 5) is 4.42. The minimum absolute atomic E-state index is 0.323. The summed E-state index contributed by atoms with van der Waals surface area (Å²) >= 11 is 0.323. The topological polar surface area (TPSA) is 34.3 Å². The molecule has 5 heteroatoms. The van der Waals surface area contributed by atoms with Crippen LogP contribution in [0.25, 0.3) is 47.6 Å². The van der Waals surface area contributed by atoms with Crippen LogP contribution in [0.4, 0.5) is 0 Å². The first-order valence-corrected chi connectivity index (χ1v) is 10.6. The molecule has 2 aromatic carbocycles. The van der Waals surface area contributed by atoms with Crippen molar-refractivity contribution < 1.29 is 8.98 Å². The minimum atomic E-state index is 0.323. The van der Waals surface area contributed by atoms with Gasteiger partial charge in [0.25, 0.3) is 0 Å². The van der Waals surface area contributed by atoms with E-state index >= 15 is 0 Å². The van der Waals surface area contributed by atoms with Crippen molar-refractivity contribution in [2.24, 2.45) is 7.05 Å². The van der Waals surface area contributed by atoms with Gasteiger partial charge in [0.1, 0.15) is 0 Å². The van der Waals surface area contributed by atoms with Gasteiger partial charge in [0.05, 0.1) is 0 Å². The maximum absolute atomic E-state index is 6.26. The zero-order chi connectivity index (χ0) is 18.1. The molecule has 0 amide bonds. The molecule has 27 heavy (non-hydrogen) atoms. The number of rotatable bonds is 1. The molecule has 6 aromatic rings. The number of aromatic nitrogens is 3. The van der Waals surface area contributed by atoms with Crippen LogP contribution < -0.4 is 4.57 Å². The number of benzene rings is 2. The quantitative estimate of drug-likeness (QED) is 0.296. The first-order valence-electron chi connectivity index (χ1n) is 8.88. The molecule has 0 atom stereocenters. The molecule has 4 nitrogen and oxygen atoms in total. The molecular formula is C22H16N3OSe+. The van der Waals surface area contributed by atoms with Crippen molar-refractivity contribution in [3.05, 3.63) is 66.5 Å². The van der Waals surface area contributed by atoms with E-state index in [1.165, 1.54) is 25.6 Å². The van der Waals surface area contributed by atoms with Gasteiger partial charge in [-0.05, 0) is 0 Å². The second-order valence-corrected chi connectivity index (χ2v) is 9.13. The average Bonchev–Trinajstić information content (AvgIpc) is 3.31. The van der Waals surface area contributed by atoms with Crippen molar-refractivity contribution >= 4 is 50.7 Å². The molecule has 6 rings (SSSR count). The molecule has 0 radical (unpaired) electrons. The van der Waals surface area contributed by atoms with Gasteiger partial charge in [-0.1, -0.05) is 0 Å². The van der Waals surface area contributed by atoms with Crippen LogP contribution in [-0.2, 0) is 7.05 Å². The number of furan rings is 1. The van der Waals surface area contributed by atoms with Gasteiger partial charge in [-0.2, -0.15) is 0 Å². The van der Waals surface area contributed by atoms with Crippen molar-refractivity contribution in [2.45, 2.75) is 6.92 Å².